The second kappa shape index (κ2) is 7.00. The number of nitrogens with one attached hydrogen (secondary N) is 1. The number of aromatic nitrogens is 3. The highest BCUT2D eigenvalue weighted by molar-refractivity contribution is 5.83. The minimum absolute atomic E-state index is 0.196. The molecule has 3 N–H and O–H groups in total. The quantitative estimate of drug-likeness (QED) is 0.642. The Labute approximate surface area is 144 Å². The van der Waals surface area contributed by atoms with Crippen LogP contribution in [0.25, 0.3) is 22.2 Å². The Balaban J connectivity index is 2.12. The third-order valence-electron chi connectivity index (χ3n) is 4.17. The molecule has 25 heavy (non-hydrogen) atoms. The number of nitrogens with zero attached hydrogens (tertiary/aromatic N) is 3. The number of aliphatic hydroxyl groups excluding tert-OH is 2. The Morgan fingerprint density at radius 3 is 2.64 bits per heavy atom. The van der Waals surface area contributed by atoms with Gasteiger partial charge in [0.05, 0.1) is 24.9 Å². The fourth-order valence-electron chi connectivity index (χ4n) is 2.70. The van der Waals surface area contributed by atoms with Gasteiger partial charge in [-0.2, -0.15) is 0 Å². The van der Waals surface area contributed by atoms with Crippen molar-refractivity contribution in [1.29, 1.82) is 0 Å². The van der Waals surface area contributed by atoms with Gasteiger partial charge in [-0.15, -0.1) is 0 Å². The monoisotopic (exact) mass is 340 g/mol. The molecule has 0 aliphatic heterocycles. The average Bonchev–Trinajstić information content (AvgIpc) is 2.63. The Morgan fingerprint density at radius 2 is 1.96 bits per heavy atom. The molecule has 2 heterocycles. The number of benzene rings is 1. The van der Waals surface area contributed by atoms with Crippen LogP contribution in [0.4, 0.5) is 5.95 Å². The van der Waals surface area contributed by atoms with E-state index in [-0.39, 0.29) is 30.2 Å². The Morgan fingerprint density at radius 1 is 1.24 bits per heavy atom. The van der Waals surface area contributed by atoms with Gasteiger partial charge in [-0.3, -0.25) is 4.79 Å². The van der Waals surface area contributed by atoms with Gasteiger partial charge in [0.1, 0.15) is 5.52 Å². The van der Waals surface area contributed by atoms with Crippen molar-refractivity contribution in [1.82, 2.24) is 14.5 Å². The average molecular weight is 340 g/mol. The topological polar surface area (TPSA) is 100 Å². The maximum absolute atomic E-state index is 12.8. The summed E-state index contributed by atoms with van der Waals surface area (Å²) in [5, 5.41) is 21.7. The highest BCUT2D eigenvalue weighted by Crippen LogP contribution is 2.24. The lowest BCUT2D eigenvalue weighted by molar-refractivity contribution is 0.203. The third-order valence-corrected chi connectivity index (χ3v) is 4.17. The zero-order valence-corrected chi connectivity index (χ0v) is 14.1. The van der Waals surface area contributed by atoms with E-state index < -0.39 is 6.04 Å². The first-order valence-corrected chi connectivity index (χ1v) is 7.96. The molecule has 1 aromatic carbocycles. The number of hydrogen-bond donors (Lipinski definition) is 3. The Bertz CT molecular complexity index is 964. The molecule has 0 amide bonds. The smallest absolute Gasteiger partial charge is 0.277 e. The molecule has 0 atom stereocenters. The maximum Gasteiger partial charge on any atom is 0.277 e. The van der Waals surface area contributed by atoms with E-state index >= 15 is 0 Å². The highest BCUT2D eigenvalue weighted by Gasteiger charge is 2.13. The molecule has 3 rings (SSSR count). The van der Waals surface area contributed by atoms with Crippen LogP contribution < -0.4 is 10.9 Å². The van der Waals surface area contributed by atoms with Gasteiger partial charge in [-0.25, -0.2) is 9.97 Å². The summed E-state index contributed by atoms with van der Waals surface area (Å²) in [5.74, 6) is 0.196. The van der Waals surface area contributed by atoms with Crippen LogP contribution in [-0.2, 0) is 7.05 Å². The molecular formula is C18H20N4O3. The molecule has 0 bridgehead atoms. The lowest BCUT2D eigenvalue weighted by atomic mass is 10.0. The number of fused-ring (bicyclic) bond motifs is 1. The van der Waals surface area contributed by atoms with Crippen molar-refractivity contribution in [2.24, 2.45) is 7.05 Å². The number of aryl methyl sites for hydroxylation is 1. The summed E-state index contributed by atoms with van der Waals surface area (Å²) < 4.78 is 1.57. The summed E-state index contributed by atoms with van der Waals surface area (Å²) in [4.78, 5) is 21.2. The lowest BCUT2D eigenvalue weighted by Crippen LogP contribution is -2.29. The molecule has 7 nitrogen and oxygen atoms in total. The number of rotatable bonds is 5. The first kappa shape index (κ1) is 17.1. The van der Waals surface area contributed by atoms with Crippen LogP contribution in [0.1, 0.15) is 5.56 Å². The van der Waals surface area contributed by atoms with E-state index in [1.165, 1.54) is 0 Å². The molecule has 130 valence electrons. The minimum Gasteiger partial charge on any atom is -0.394 e. The molecule has 0 fully saturated rings. The van der Waals surface area contributed by atoms with E-state index in [2.05, 4.69) is 15.3 Å². The predicted molar refractivity (Wildman–Crippen MR) is 96.5 cm³/mol. The van der Waals surface area contributed by atoms with Gasteiger partial charge in [0, 0.05) is 24.2 Å². The predicted octanol–water partition coefficient (Wildman–Crippen LogP) is 1.07. The SMILES string of the molecule is Cc1ccccc1-c1cc2cnc(NC(CO)CO)nc2c(=O)n1C. The van der Waals surface area contributed by atoms with Gasteiger partial charge in [0.15, 0.2) is 0 Å². The first-order chi connectivity index (χ1) is 12.0. The lowest BCUT2D eigenvalue weighted by Gasteiger charge is -2.15. The molecular weight excluding hydrogens is 320 g/mol. The van der Waals surface area contributed by atoms with Gasteiger partial charge < -0.3 is 20.1 Å². The second-order valence-electron chi connectivity index (χ2n) is 5.91. The number of anilines is 1. The molecule has 2 aromatic heterocycles. The zero-order valence-electron chi connectivity index (χ0n) is 14.1. The summed E-state index contributed by atoms with van der Waals surface area (Å²) >= 11 is 0. The minimum atomic E-state index is -0.576. The molecule has 3 aromatic rings. The summed E-state index contributed by atoms with van der Waals surface area (Å²) in [6.07, 6.45) is 1.57. The van der Waals surface area contributed by atoms with Gasteiger partial charge in [0.25, 0.3) is 5.56 Å². The zero-order chi connectivity index (χ0) is 18.0. The molecule has 0 aliphatic carbocycles. The fourth-order valence-corrected chi connectivity index (χ4v) is 2.70. The van der Waals surface area contributed by atoms with E-state index in [4.69, 9.17) is 10.2 Å². The Kier molecular flexibility index (Phi) is 4.78. The fraction of sp³-hybridized carbons (Fsp3) is 0.278. The molecule has 0 aliphatic rings. The van der Waals surface area contributed by atoms with Crippen molar-refractivity contribution in [3.63, 3.8) is 0 Å². The van der Waals surface area contributed by atoms with Crippen LogP contribution >= 0.6 is 0 Å². The van der Waals surface area contributed by atoms with Crippen LogP contribution in [-0.4, -0.2) is 44.0 Å². The molecule has 0 unspecified atom stereocenters. The molecule has 0 spiro atoms. The summed E-state index contributed by atoms with van der Waals surface area (Å²) in [6, 6.07) is 9.17. The van der Waals surface area contributed by atoms with Crippen LogP contribution in [0.2, 0.25) is 0 Å². The third kappa shape index (κ3) is 3.24. The van der Waals surface area contributed by atoms with Crippen molar-refractivity contribution in [2.45, 2.75) is 13.0 Å². The van der Waals surface area contributed by atoms with Crippen LogP contribution in [0, 0.1) is 6.92 Å². The van der Waals surface area contributed by atoms with Crippen molar-refractivity contribution in [3.05, 3.63) is 52.4 Å². The van der Waals surface area contributed by atoms with Crippen molar-refractivity contribution < 1.29 is 10.2 Å². The van der Waals surface area contributed by atoms with Crippen LogP contribution in [0.5, 0.6) is 0 Å². The molecule has 0 saturated heterocycles. The molecule has 0 saturated carbocycles. The van der Waals surface area contributed by atoms with E-state index in [9.17, 15) is 4.79 Å². The van der Waals surface area contributed by atoms with Crippen molar-refractivity contribution >= 4 is 16.9 Å². The molecule has 7 heteroatoms. The maximum atomic E-state index is 12.8. The summed E-state index contributed by atoms with van der Waals surface area (Å²) in [7, 11) is 1.71. The van der Waals surface area contributed by atoms with Crippen LogP contribution in [0.15, 0.2) is 41.3 Å². The van der Waals surface area contributed by atoms with E-state index in [1.807, 2.05) is 37.3 Å². The first-order valence-electron chi connectivity index (χ1n) is 7.96. The normalized spacial score (nSPS) is 11.2. The second-order valence-corrected chi connectivity index (χ2v) is 5.91. The van der Waals surface area contributed by atoms with Gasteiger partial charge >= 0.3 is 0 Å². The van der Waals surface area contributed by atoms with Crippen LogP contribution in [0.3, 0.4) is 0 Å². The standard InChI is InChI=1S/C18H20N4O3/c1-11-5-3-4-6-14(11)15-7-12-8-19-18(20-13(9-23)10-24)21-16(12)17(25)22(15)2/h3-8,13,23-24H,9-10H2,1-2H3,(H,19,20,21). The van der Waals surface area contributed by atoms with E-state index in [1.54, 1.807) is 17.8 Å². The largest absolute Gasteiger partial charge is 0.394 e. The van der Waals surface area contributed by atoms with Gasteiger partial charge in [-0.05, 0) is 18.6 Å². The number of hydrogen-bond acceptors (Lipinski definition) is 6. The van der Waals surface area contributed by atoms with Crippen molar-refractivity contribution in [3.8, 4) is 11.3 Å². The Hall–Kier alpha value is -2.77. The summed E-state index contributed by atoms with van der Waals surface area (Å²) in [5.41, 5.74) is 2.90. The van der Waals surface area contributed by atoms with Gasteiger partial charge in [0.2, 0.25) is 5.95 Å². The summed E-state index contributed by atoms with van der Waals surface area (Å²) in [6.45, 7) is 1.47. The van der Waals surface area contributed by atoms with E-state index in [0.29, 0.717) is 5.39 Å². The number of aliphatic hydroxyl groups is 2. The van der Waals surface area contributed by atoms with Crippen molar-refractivity contribution in [2.75, 3.05) is 18.5 Å². The highest BCUT2D eigenvalue weighted by atomic mass is 16.3. The van der Waals surface area contributed by atoms with Gasteiger partial charge in [-0.1, -0.05) is 24.3 Å². The molecule has 0 radical (unpaired) electrons. The van der Waals surface area contributed by atoms with E-state index in [0.717, 1.165) is 16.8 Å². The number of pyridine rings is 1.